The second kappa shape index (κ2) is 12.2. The highest BCUT2D eigenvalue weighted by Gasteiger charge is 2.25. The molecule has 31 heavy (non-hydrogen) atoms. The van der Waals surface area contributed by atoms with Crippen LogP contribution in [0, 0.1) is 0 Å². The molecule has 1 unspecified atom stereocenters. The average Bonchev–Trinajstić information content (AvgIpc) is 3.33. The Bertz CT molecular complexity index is 663. The molecule has 3 rings (SSSR count). The summed E-state index contributed by atoms with van der Waals surface area (Å²) < 4.78 is 5.61. The van der Waals surface area contributed by atoms with Crippen molar-refractivity contribution in [2.24, 2.45) is 0 Å². The van der Waals surface area contributed by atoms with Gasteiger partial charge >= 0.3 is 0 Å². The van der Waals surface area contributed by atoms with Crippen LogP contribution in [0.2, 0.25) is 0 Å². The zero-order chi connectivity index (χ0) is 22.1. The molecule has 2 fully saturated rings. The first-order valence-electron chi connectivity index (χ1n) is 11.9. The van der Waals surface area contributed by atoms with Crippen molar-refractivity contribution in [2.75, 3.05) is 72.0 Å². The van der Waals surface area contributed by atoms with Crippen LogP contribution >= 0.6 is 0 Å². The van der Waals surface area contributed by atoms with E-state index in [4.69, 9.17) is 4.42 Å². The zero-order valence-corrected chi connectivity index (χ0v) is 19.2. The molecular weight excluding hydrogens is 394 g/mol. The number of rotatable bonds is 10. The predicted octanol–water partition coefficient (Wildman–Crippen LogP) is 1.41. The molecule has 0 aliphatic carbocycles. The van der Waals surface area contributed by atoms with Crippen LogP contribution in [-0.4, -0.2) is 103 Å². The first-order valence-corrected chi connectivity index (χ1v) is 11.9. The number of nitrogens with zero attached hydrogens (tertiary/aromatic N) is 4. The number of likely N-dealkylation sites (tertiary alicyclic amines) is 1. The number of piperazine rings is 1. The minimum atomic E-state index is 0.0431. The van der Waals surface area contributed by atoms with E-state index in [1.807, 2.05) is 17.0 Å². The Kier molecular flexibility index (Phi) is 9.36. The van der Waals surface area contributed by atoms with Gasteiger partial charge in [-0.25, -0.2) is 0 Å². The molecule has 0 aromatic carbocycles. The lowest BCUT2D eigenvalue weighted by Crippen LogP contribution is -2.52. The molecule has 1 atom stereocenters. The number of piperidine rings is 1. The molecule has 174 valence electrons. The molecule has 8 heteroatoms. The fourth-order valence-electron chi connectivity index (χ4n) is 4.56. The zero-order valence-electron chi connectivity index (χ0n) is 19.2. The monoisotopic (exact) mass is 433 g/mol. The number of nitrogens with one attached hydrogen (secondary N) is 1. The second-order valence-electron chi connectivity index (χ2n) is 8.55. The van der Waals surface area contributed by atoms with Gasteiger partial charge in [-0.3, -0.25) is 24.3 Å². The third-order valence-corrected chi connectivity index (χ3v) is 6.52. The van der Waals surface area contributed by atoms with Gasteiger partial charge in [0.15, 0.2) is 0 Å². The molecule has 0 radical (unpaired) electrons. The Hall–Kier alpha value is -1.90. The van der Waals surface area contributed by atoms with E-state index in [-0.39, 0.29) is 17.9 Å². The standard InChI is InChI=1S/C23H39N5O3/c1-3-27(4-2)20(21-9-8-16-31-21)17-24-22(29)18-25-12-14-26(15-13-25)19-23(30)28-10-6-5-7-11-28/h8-9,16,20H,3-7,10-15,17-19H2,1-2H3,(H,24,29). The maximum absolute atomic E-state index is 12.6. The summed E-state index contributed by atoms with van der Waals surface area (Å²) in [4.78, 5) is 33.7. The largest absolute Gasteiger partial charge is 0.468 e. The molecule has 3 heterocycles. The number of likely N-dealkylation sites (N-methyl/N-ethyl adjacent to an activating group) is 1. The molecule has 1 N–H and O–H groups in total. The van der Waals surface area contributed by atoms with Crippen LogP contribution in [0.4, 0.5) is 0 Å². The van der Waals surface area contributed by atoms with Crippen molar-refractivity contribution in [1.29, 1.82) is 0 Å². The third kappa shape index (κ3) is 7.05. The maximum Gasteiger partial charge on any atom is 0.236 e. The number of hydrogen-bond acceptors (Lipinski definition) is 6. The fourth-order valence-corrected chi connectivity index (χ4v) is 4.56. The van der Waals surface area contributed by atoms with Crippen molar-refractivity contribution >= 4 is 11.8 Å². The van der Waals surface area contributed by atoms with Crippen LogP contribution in [0.15, 0.2) is 22.8 Å². The Balaban J connectivity index is 1.38. The summed E-state index contributed by atoms with van der Waals surface area (Å²) in [5.74, 6) is 1.18. The van der Waals surface area contributed by atoms with Gasteiger partial charge < -0.3 is 14.6 Å². The van der Waals surface area contributed by atoms with Crippen LogP contribution in [0.25, 0.3) is 0 Å². The Morgan fingerprint density at radius 2 is 1.65 bits per heavy atom. The van der Waals surface area contributed by atoms with E-state index in [9.17, 15) is 9.59 Å². The average molecular weight is 434 g/mol. The third-order valence-electron chi connectivity index (χ3n) is 6.52. The first-order chi connectivity index (χ1) is 15.1. The summed E-state index contributed by atoms with van der Waals surface area (Å²) in [5, 5.41) is 3.10. The summed E-state index contributed by atoms with van der Waals surface area (Å²) in [5.41, 5.74) is 0. The lowest BCUT2D eigenvalue weighted by molar-refractivity contribution is -0.134. The first kappa shape index (κ1) is 23.8. The van der Waals surface area contributed by atoms with Gasteiger partial charge in [0, 0.05) is 45.8 Å². The summed E-state index contributed by atoms with van der Waals surface area (Å²) >= 11 is 0. The van der Waals surface area contributed by atoms with E-state index in [0.29, 0.717) is 19.6 Å². The molecule has 0 spiro atoms. The molecule has 2 saturated heterocycles. The van der Waals surface area contributed by atoms with Crippen molar-refractivity contribution in [1.82, 2.24) is 24.9 Å². The van der Waals surface area contributed by atoms with Gasteiger partial charge in [0.1, 0.15) is 5.76 Å². The van der Waals surface area contributed by atoms with Gasteiger partial charge in [0.05, 0.1) is 25.4 Å². The van der Waals surface area contributed by atoms with Crippen LogP contribution in [-0.2, 0) is 9.59 Å². The number of hydrogen-bond donors (Lipinski definition) is 1. The van der Waals surface area contributed by atoms with E-state index in [1.54, 1.807) is 6.26 Å². The highest BCUT2D eigenvalue weighted by atomic mass is 16.3. The molecular formula is C23H39N5O3. The summed E-state index contributed by atoms with van der Waals surface area (Å²) in [6, 6.07) is 3.91. The SMILES string of the molecule is CCN(CC)C(CNC(=O)CN1CCN(CC(=O)N2CCCCC2)CC1)c1ccco1. The molecule has 8 nitrogen and oxygen atoms in total. The van der Waals surface area contributed by atoms with E-state index < -0.39 is 0 Å². The molecule has 1 aromatic rings. The molecule has 2 aliphatic rings. The molecule has 0 bridgehead atoms. The number of carbonyl (C=O) groups excluding carboxylic acids is 2. The second-order valence-corrected chi connectivity index (χ2v) is 8.55. The van der Waals surface area contributed by atoms with Crippen LogP contribution in [0.1, 0.15) is 44.9 Å². The Morgan fingerprint density at radius 3 is 2.23 bits per heavy atom. The number of amides is 2. The lowest BCUT2D eigenvalue weighted by Gasteiger charge is -2.36. The van der Waals surface area contributed by atoms with Gasteiger partial charge in [-0.15, -0.1) is 0 Å². The highest BCUT2D eigenvalue weighted by Crippen LogP contribution is 2.20. The van der Waals surface area contributed by atoms with Crippen molar-refractivity contribution in [2.45, 2.75) is 39.2 Å². The van der Waals surface area contributed by atoms with Crippen molar-refractivity contribution in [3.05, 3.63) is 24.2 Å². The van der Waals surface area contributed by atoms with Crippen LogP contribution in [0.3, 0.4) is 0 Å². The molecule has 0 saturated carbocycles. The normalized spacial score (nSPS) is 19.5. The van der Waals surface area contributed by atoms with Crippen molar-refractivity contribution in [3.8, 4) is 0 Å². The quantitative estimate of drug-likeness (QED) is 0.602. The highest BCUT2D eigenvalue weighted by molar-refractivity contribution is 5.78. The fraction of sp³-hybridized carbons (Fsp3) is 0.739. The van der Waals surface area contributed by atoms with E-state index in [1.165, 1.54) is 6.42 Å². The molecule has 2 aliphatic heterocycles. The van der Waals surface area contributed by atoms with Gasteiger partial charge in [-0.2, -0.15) is 0 Å². The predicted molar refractivity (Wildman–Crippen MR) is 121 cm³/mol. The number of furan rings is 1. The van der Waals surface area contributed by atoms with Gasteiger partial charge in [0.25, 0.3) is 0 Å². The van der Waals surface area contributed by atoms with E-state index in [2.05, 4.69) is 33.9 Å². The van der Waals surface area contributed by atoms with E-state index in [0.717, 1.165) is 71.0 Å². The van der Waals surface area contributed by atoms with E-state index >= 15 is 0 Å². The van der Waals surface area contributed by atoms with Crippen molar-refractivity contribution < 1.29 is 14.0 Å². The Morgan fingerprint density at radius 1 is 1.00 bits per heavy atom. The maximum atomic E-state index is 12.6. The summed E-state index contributed by atoms with van der Waals surface area (Å²) in [6.07, 6.45) is 5.18. The lowest BCUT2D eigenvalue weighted by atomic mass is 10.1. The van der Waals surface area contributed by atoms with Gasteiger partial charge in [0.2, 0.25) is 11.8 Å². The number of carbonyl (C=O) groups is 2. The smallest absolute Gasteiger partial charge is 0.236 e. The Labute approximate surface area is 186 Å². The minimum absolute atomic E-state index is 0.0431. The minimum Gasteiger partial charge on any atom is -0.468 e. The van der Waals surface area contributed by atoms with Crippen molar-refractivity contribution in [3.63, 3.8) is 0 Å². The molecule has 1 aromatic heterocycles. The van der Waals surface area contributed by atoms with Gasteiger partial charge in [-0.05, 0) is 44.5 Å². The summed E-state index contributed by atoms with van der Waals surface area (Å²) in [7, 11) is 0. The van der Waals surface area contributed by atoms with Crippen LogP contribution < -0.4 is 5.32 Å². The topological polar surface area (TPSA) is 72.3 Å². The van der Waals surface area contributed by atoms with Crippen LogP contribution in [0.5, 0.6) is 0 Å². The summed E-state index contributed by atoms with van der Waals surface area (Å²) in [6.45, 7) is 12.6. The molecule has 2 amide bonds. The van der Waals surface area contributed by atoms with Gasteiger partial charge in [-0.1, -0.05) is 13.8 Å².